The highest BCUT2D eigenvalue weighted by molar-refractivity contribution is 6.42. The van der Waals surface area contributed by atoms with E-state index in [2.05, 4.69) is 10.6 Å². The second-order valence-corrected chi connectivity index (χ2v) is 4.70. The van der Waals surface area contributed by atoms with Gasteiger partial charge in [-0.3, -0.25) is 14.9 Å². The fourth-order valence-electron chi connectivity index (χ4n) is 1.56. The first-order valence-corrected chi connectivity index (χ1v) is 6.05. The predicted molar refractivity (Wildman–Crippen MR) is 70.2 cm³/mol. The molecular weight excluding hydrogens is 293 g/mol. The zero-order valence-corrected chi connectivity index (χ0v) is 11.1. The molecular formula is C11H9Cl2N3O3. The normalized spacial score (nSPS) is 15.2. The van der Waals surface area contributed by atoms with E-state index in [0.29, 0.717) is 15.7 Å². The zero-order valence-electron chi connectivity index (χ0n) is 9.57. The maximum atomic E-state index is 11.9. The number of imide groups is 1. The van der Waals surface area contributed by atoms with Crippen LogP contribution >= 0.6 is 23.2 Å². The summed E-state index contributed by atoms with van der Waals surface area (Å²) in [6.45, 7) is -0.336. The number of piperazine rings is 1. The number of rotatable bonds is 1. The van der Waals surface area contributed by atoms with Crippen molar-refractivity contribution >= 4 is 46.7 Å². The van der Waals surface area contributed by atoms with E-state index in [1.807, 2.05) is 0 Å². The van der Waals surface area contributed by atoms with Gasteiger partial charge in [-0.05, 0) is 18.2 Å². The lowest BCUT2D eigenvalue weighted by molar-refractivity contribution is -0.134. The number of nitrogens with one attached hydrogen (secondary N) is 2. The molecule has 2 rings (SSSR count). The summed E-state index contributed by atoms with van der Waals surface area (Å²) in [6.07, 6.45) is 0. The fraction of sp³-hybridized carbons (Fsp3) is 0.182. The first kappa shape index (κ1) is 13.6. The number of amides is 4. The summed E-state index contributed by atoms with van der Waals surface area (Å²) in [7, 11) is 0. The van der Waals surface area contributed by atoms with Crippen LogP contribution < -0.4 is 10.6 Å². The first-order valence-electron chi connectivity index (χ1n) is 5.29. The number of nitrogens with zero attached hydrogens (tertiary/aromatic N) is 1. The summed E-state index contributed by atoms with van der Waals surface area (Å²) in [4.78, 5) is 35.3. The Morgan fingerprint density at radius 3 is 2.37 bits per heavy atom. The van der Waals surface area contributed by atoms with Crippen LogP contribution in [0.15, 0.2) is 18.2 Å². The van der Waals surface area contributed by atoms with Crippen molar-refractivity contribution in [3.8, 4) is 0 Å². The molecule has 19 heavy (non-hydrogen) atoms. The van der Waals surface area contributed by atoms with Crippen LogP contribution in [0.1, 0.15) is 0 Å². The Hall–Kier alpha value is -1.79. The van der Waals surface area contributed by atoms with Gasteiger partial charge in [0.1, 0.15) is 13.1 Å². The molecule has 1 saturated heterocycles. The van der Waals surface area contributed by atoms with Gasteiger partial charge in [-0.2, -0.15) is 0 Å². The van der Waals surface area contributed by atoms with Gasteiger partial charge in [-0.25, -0.2) is 4.79 Å². The zero-order chi connectivity index (χ0) is 14.0. The summed E-state index contributed by atoms with van der Waals surface area (Å²) in [6, 6.07) is 4.03. The standard InChI is InChI=1S/C11H9Cl2N3O3/c12-7-2-1-6(3-8(7)13)14-11(19)16-4-9(17)15-10(18)5-16/h1-3H,4-5H2,(H,14,19)(H,15,17,18). The van der Waals surface area contributed by atoms with Gasteiger partial charge in [-0.1, -0.05) is 23.2 Å². The quantitative estimate of drug-likeness (QED) is 0.771. The molecule has 1 aromatic carbocycles. The summed E-state index contributed by atoms with van der Waals surface area (Å²) in [5.74, 6) is -1.03. The monoisotopic (exact) mass is 301 g/mol. The number of benzene rings is 1. The minimum atomic E-state index is -0.554. The molecule has 100 valence electrons. The maximum absolute atomic E-state index is 11.9. The van der Waals surface area contributed by atoms with Crippen LogP contribution in [0.3, 0.4) is 0 Å². The maximum Gasteiger partial charge on any atom is 0.322 e. The molecule has 0 aliphatic carbocycles. The molecule has 1 heterocycles. The highest BCUT2D eigenvalue weighted by Gasteiger charge is 2.26. The van der Waals surface area contributed by atoms with Crippen molar-refractivity contribution in [3.63, 3.8) is 0 Å². The van der Waals surface area contributed by atoms with Gasteiger partial charge in [-0.15, -0.1) is 0 Å². The molecule has 0 saturated carbocycles. The van der Waals surface area contributed by atoms with Gasteiger partial charge in [0.15, 0.2) is 0 Å². The molecule has 1 fully saturated rings. The first-order chi connectivity index (χ1) is 8.95. The van der Waals surface area contributed by atoms with E-state index in [4.69, 9.17) is 23.2 Å². The highest BCUT2D eigenvalue weighted by Crippen LogP contribution is 2.25. The number of anilines is 1. The van der Waals surface area contributed by atoms with Crippen LogP contribution in [-0.2, 0) is 9.59 Å². The number of carbonyl (C=O) groups is 3. The molecule has 0 radical (unpaired) electrons. The lowest BCUT2D eigenvalue weighted by Gasteiger charge is -2.25. The third-order valence-corrected chi connectivity index (χ3v) is 3.14. The molecule has 0 aromatic heterocycles. The molecule has 1 aliphatic rings. The molecule has 4 amide bonds. The lowest BCUT2D eigenvalue weighted by Crippen LogP contribution is -2.54. The number of hydrogen-bond donors (Lipinski definition) is 2. The van der Waals surface area contributed by atoms with E-state index in [-0.39, 0.29) is 13.1 Å². The summed E-state index contributed by atoms with van der Waals surface area (Å²) < 4.78 is 0. The van der Waals surface area contributed by atoms with Crippen LogP contribution in [0.5, 0.6) is 0 Å². The van der Waals surface area contributed by atoms with Crippen LogP contribution in [0, 0.1) is 0 Å². The van der Waals surface area contributed by atoms with Crippen LogP contribution in [0.2, 0.25) is 10.0 Å². The average Bonchev–Trinajstić information content (AvgIpc) is 2.32. The third kappa shape index (κ3) is 3.36. The van der Waals surface area contributed by atoms with Crippen molar-refractivity contribution in [1.29, 1.82) is 0 Å². The number of urea groups is 1. The Morgan fingerprint density at radius 2 is 1.79 bits per heavy atom. The van der Waals surface area contributed by atoms with E-state index in [1.165, 1.54) is 12.1 Å². The third-order valence-electron chi connectivity index (χ3n) is 2.41. The summed E-state index contributed by atoms with van der Waals surface area (Å²) in [5.41, 5.74) is 0.429. The van der Waals surface area contributed by atoms with E-state index < -0.39 is 17.8 Å². The molecule has 0 unspecified atom stereocenters. The number of carbonyl (C=O) groups excluding carboxylic acids is 3. The van der Waals surface area contributed by atoms with Gasteiger partial charge >= 0.3 is 6.03 Å². The van der Waals surface area contributed by atoms with E-state index in [1.54, 1.807) is 6.07 Å². The number of hydrogen-bond acceptors (Lipinski definition) is 3. The molecule has 6 nitrogen and oxygen atoms in total. The lowest BCUT2D eigenvalue weighted by atomic mass is 10.3. The van der Waals surface area contributed by atoms with Gasteiger partial charge in [0.25, 0.3) is 0 Å². The Bertz CT molecular complexity index is 546. The van der Waals surface area contributed by atoms with E-state index in [0.717, 1.165) is 4.90 Å². The van der Waals surface area contributed by atoms with Crippen LogP contribution in [0.4, 0.5) is 10.5 Å². The van der Waals surface area contributed by atoms with E-state index >= 15 is 0 Å². The van der Waals surface area contributed by atoms with Crippen molar-refractivity contribution in [2.45, 2.75) is 0 Å². The van der Waals surface area contributed by atoms with Crippen molar-refractivity contribution < 1.29 is 14.4 Å². The number of halogens is 2. The van der Waals surface area contributed by atoms with Crippen LogP contribution in [-0.4, -0.2) is 35.8 Å². The minimum Gasteiger partial charge on any atom is -0.308 e. The predicted octanol–water partition coefficient (Wildman–Crippen LogP) is 1.48. The van der Waals surface area contributed by atoms with Crippen molar-refractivity contribution in [3.05, 3.63) is 28.2 Å². The molecule has 1 aliphatic heterocycles. The molecule has 0 bridgehead atoms. The smallest absolute Gasteiger partial charge is 0.308 e. The van der Waals surface area contributed by atoms with Crippen molar-refractivity contribution in [1.82, 2.24) is 10.2 Å². The fourth-order valence-corrected chi connectivity index (χ4v) is 1.86. The Kier molecular flexibility index (Phi) is 3.92. The molecule has 1 aromatic rings. The van der Waals surface area contributed by atoms with Crippen molar-refractivity contribution in [2.24, 2.45) is 0 Å². The van der Waals surface area contributed by atoms with Gasteiger partial charge in [0.05, 0.1) is 10.0 Å². The SMILES string of the molecule is O=C1CN(C(=O)Nc2ccc(Cl)c(Cl)c2)CC(=O)N1. The molecule has 8 heteroatoms. The topological polar surface area (TPSA) is 78.5 Å². The second kappa shape index (κ2) is 5.46. The minimum absolute atomic E-state index is 0.168. The van der Waals surface area contributed by atoms with Gasteiger partial charge in [0.2, 0.25) is 11.8 Å². The summed E-state index contributed by atoms with van der Waals surface area (Å²) in [5, 5.41) is 5.30. The van der Waals surface area contributed by atoms with E-state index in [9.17, 15) is 14.4 Å². The molecule has 0 spiro atoms. The largest absolute Gasteiger partial charge is 0.322 e. The Balaban J connectivity index is 2.06. The molecule has 2 N–H and O–H groups in total. The molecule has 0 atom stereocenters. The summed E-state index contributed by atoms with van der Waals surface area (Å²) >= 11 is 11.6. The Labute approximate surface area is 118 Å². The van der Waals surface area contributed by atoms with Gasteiger partial charge < -0.3 is 10.2 Å². The van der Waals surface area contributed by atoms with Crippen molar-refractivity contribution in [2.75, 3.05) is 18.4 Å². The highest BCUT2D eigenvalue weighted by atomic mass is 35.5. The Morgan fingerprint density at radius 1 is 1.16 bits per heavy atom. The second-order valence-electron chi connectivity index (χ2n) is 3.89. The average molecular weight is 302 g/mol. The van der Waals surface area contributed by atoms with Crippen LogP contribution in [0.25, 0.3) is 0 Å². The van der Waals surface area contributed by atoms with Gasteiger partial charge in [0, 0.05) is 5.69 Å².